The van der Waals surface area contributed by atoms with Gasteiger partial charge in [-0.25, -0.2) is 4.68 Å². The molecule has 0 radical (unpaired) electrons. The van der Waals surface area contributed by atoms with Crippen molar-refractivity contribution in [1.29, 1.82) is 0 Å². The summed E-state index contributed by atoms with van der Waals surface area (Å²) in [4.78, 5) is 12.1. The van der Waals surface area contributed by atoms with Crippen LogP contribution in [0.3, 0.4) is 0 Å². The van der Waals surface area contributed by atoms with E-state index in [1.165, 1.54) is 16.4 Å². The number of ether oxygens (including phenoxy) is 1. The molecule has 26 heavy (non-hydrogen) atoms. The molecule has 0 saturated heterocycles. The second kappa shape index (κ2) is 8.41. The Labute approximate surface area is 168 Å². The molecule has 1 amide bonds. The summed E-state index contributed by atoms with van der Waals surface area (Å²) >= 11 is 3.43. The summed E-state index contributed by atoms with van der Waals surface area (Å²) in [5.41, 5.74) is 1.49. The number of thioether (sulfide) groups is 1. The first-order valence-corrected chi connectivity index (χ1v) is 9.67. The predicted molar refractivity (Wildman–Crippen MR) is 111 cm³/mol. The Morgan fingerprint density at radius 2 is 1.96 bits per heavy atom. The van der Waals surface area contributed by atoms with Gasteiger partial charge in [0.1, 0.15) is 5.75 Å². The molecule has 0 atom stereocenters. The standard InChI is InChI=1S/C17H16IN5O2S/c1-25-14-5-3-2-4-13(14)16-21-22-17(23(16)19)26-10-15(24)20-12-8-6-11(18)7-9-12/h2-9H,10,19H2,1H3,(H,20,24). The van der Waals surface area contributed by atoms with Gasteiger partial charge in [-0.3, -0.25) is 4.79 Å². The monoisotopic (exact) mass is 481 g/mol. The highest BCUT2D eigenvalue weighted by atomic mass is 127. The summed E-state index contributed by atoms with van der Waals surface area (Å²) in [6.45, 7) is 0. The molecule has 0 aliphatic carbocycles. The molecule has 134 valence electrons. The SMILES string of the molecule is COc1ccccc1-c1nnc(SCC(=O)Nc2ccc(I)cc2)n1N. The number of aromatic nitrogens is 3. The van der Waals surface area contributed by atoms with E-state index in [0.717, 1.165) is 14.8 Å². The van der Waals surface area contributed by atoms with Crippen LogP contribution in [0, 0.1) is 3.57 Å². The van der Waals surface area contributed by atoms with Crippen LogP contribution in [0.15, 0.2) is 53.7 Å². The van der Waals surface area contributed by atoms with E-state index in [1.54, 1.807) is 7.11 Å². The lowest BCUT2D eigenvalue weighted by Gasteiger charge is -2.08. The molecule has 9 heteroatoms. The van der Waals surface area contributed by atoms with E-state index in [2.05, 4.69) is 38.1 Å². The molecule has 2 aromatic carbocycles. The average Bonchev–Trinajstić information content (AvgIpc) is 3.02. The molecule has 3 aromatic rings. The van der Waals surface area contributed by atoms with Gasteiger partial charge < -0.3 is 15.9 Å². The number of nitrogens with two attached hydrogens (primary N) is 1. The maximum atomic E-state index is 12.1. The van der Waals surface area contributed by atoms with Crippen LogP contribution < -0.4 is 15.9 Å². The van der Waals surface area contributed by atoms with Crippen LogP contribution in [-0.2, 0) is 4.79 Å². The van der Waals surface area contributed by atoms with Crippen molar-refractivity contribution in [2.24, 2.45) is 0 Å². The zero-order chi connectivity index (χ0) is 18.5. The number of benzene rings is 2. The summed E-state index contributed by atoms with van der Waals surface area (Å²) in [7, 11) is 1.58. The Kier molecular flexibility index (Phi) is 5.99. The van der Waals surface area contributed by atoms with Crippen molar-refractivity contribution in [3.63, 3.8) is 0 Å². The number of amides is 1. The maximum absolute atomic E-state index is 12.1. The Morgan fingerprint density at radius 1 is 1.23 bits per heavy atom. The van der Waals surface area contributed by atoms with Gasteiger partial charge >= 0.3 is 0 Å². The largest absolute Gasteiger partial charge is 0.496 e. The fourth-order valence-electron chi connectivity index (χ4n) is 2.25. The number of nitrogen functional groups attached to an aromatic ring is 1. The predicted octanol–water partition coefficient (Wildman–Crippen LogP) is 3.00. The second-order valence-corrected chi connectivity index (χ2v) is 7.41. The van der Waals surface area contributed by atoms with Crippen LogP contribution in [0.2, 0.25) is 0 Å². The summed E-state index contributed by atoms with van der Waals surface area (Å²) in [5.74, 6) is 7.26. The van der Waals surface area contributed by atoms with Crippen LogP contribution >= 0.6 is 34.4 Å². The molecule has 0 unspecified atom stereocenters. The topological polar surface area (TPSA) is 95.1 Å². The van der Waals surface area contributed by atoms with Gasteiger partial charge in [-0.2, -0.15) is 0 Å². The van der Waals surface area contributed by atoms with Gasteiger partial charge in [-0.05, 0) is 59.0 Å². The minimum Gasteiger partial charge on any atom is -0.496 e. The molecule has 0 fully saturated rings. The van der Waals surface area contributed by atoms with Crippen LogP contribution in [0.1, 0.15) is 0 Å². The Balaban J connectivity index is 1.67. The van der Waals surface area contributed by atoms with Gasteiger partial charge in [0.15, 0.2) is 5.82 Å². The number of para-hydroxylation sites is 1. The Hall–Kier alpha value is -2.27. The summed E-state index contributed by atoms with van der Waals surface area (Å²) in [6.07, 6.45) is 0. The highest BCUT2D eigenvalue weighted by Crippen LogP contribution is 2.29. The van der Waals surface area contributed by atoms with Gasteiger partial charge in [-0.15, -0.1) is 10.2 Å². The number of anilines is 1. The molecular formula is C17H16IN5O2S. The molecule has 0 spiro atoms. The third-order valence-electron chi connectivity index (χ3n) is 3.47. The normalized spacial score (nSPS) is 10.5. The molecular weight excluding hydrogens is 465 g/mol. The van der Waals surface area contributed by atoms with Crippen molar-refractivity contribution < 1.29 is 9.53 Å². The minimum atomic E-state index is -0.141. The van der Waals surface area contributed by atoms with Crippen molar-refractivity contribution >= 4 is 45.9 Å². The Bertz CT molecular complexity index is 914. The van der Waals surface area contributed by atoms with Crippen molar-refractivity contribution in [1.82, 2.24) is 14.9 Å². The fraction of sp³-hybridized carbons (Fsp3) is 0.118. The van der Waals surface area contributed by atoms with E-state index in [0.29, 0.717) is 16.7 Å². The highest BCUT2D eigenvalue weighted by Gasteiger charge is 2.16. The fourth-order valence-corrected chi connectivity index (χ4v) is 3.26. The van der Waals surface area contributed by atoms with E-state index >= 15 is 0 Å². The zero-order valence-corrected chi connectivity index (χ0v) is 16.8. The number of hydrogen-bond acceptors (Lipinski definition) is 6. The van der Waals surface area contributed by atoms with Crippen molar-refractivity contribution in [3.05, 3.63) is 52.1 Å². The molecule has 1 aromatic heterocycles. The number of carbonyl (C=O) groups excluding carboxylic acids is 1. The van der Waals surface area contributed by atoms with Gasteiger partial charge in [0.2, 0.25) is 11.1 Å². The first kappa shape index (κ1) is 18.5. The molecule has 7 nitrogen and oxygen atoms in total. The quantitative estimate of drug-likeness (QED) is 0.320. The van der Waals surface area contributed by atoms with Crippen LogP contribution in [-0.4, -0.2) is 33.6 Å². The van der Waals surface area contributed by atoms with Gasteiger partial charge in [0, 0.05) is 9.26 Å². The molecule has 3 N–H and O–H groups in total. The van der Waals surface area contributed by atoms with Crippen LogP contribution in [0.4, 0.5) is 5.69 Å². The highest BCUT2D eigenvalue weighted by molar-refractivity contribution is 14.1. The van der Waals surface area contributed by atoms with E-state index < -0.39 is 0 Å². The number of hydrogen-bond donors (Lipinski definition) is 2. The van der Waals surface area contributed by atoms with E-state index in [4.69, 9.17) is 10.6 Å². The van der Waals surface area contributed by atoms with E-state index in [-0.39, 0.29) is 11.7 Å². The van der Waals surface area contributed by atoms with Gasteiger partial charge in [0.05, 0.1) is 18.4 Å². The third-order valence-corrected chi connectivity index (χ3v) is 5.13. The Morgan fingerprint density at radius 3 is 2.69 bits per heavy atom. The van der Waals surface area contributed by atoms with Crippen molar-refractivity contribution in [2.45, 2.75) is 5.16 Å². The summed E-state index contributed by atoms with van der Waals surface area (Å²) in [6, 6.07) is 15.0. The van der Waals surface area contributed by atoms with E-state index in [1.807, 2.05) is 48.5 Å². The van der Waals surface area contributed by atoms with E-state index in [9.17, 15) is 4.79 Å². The number of nitrogens with one attached hydrogen (secondary N) is 1. The van der Waals surface area contributed by atoms with Crippen molar-refractivity contribution in [3.8, 4) is 17.1 Å². The second-order valence-electron chi connectivity index (χ2n) is 5.22. The third kappa shape index (κ3) is 4.28. The lowest BCUT2D eigenvalue weighted by molar-refractivity contribution is -0.113. The summed E-state index contributed by atoms with van der Waals surface area (Å²) < 4.78 is 7.80. The summed E-state index contributed by atoms with van der Waals surface area (Å²) in [5, 5.41) is 11.5. The number of nitrogens with zero attached hydrogens (tertiary/aromatic N) is 3. The number of carbonyl (C=O) groups is 1. The molecule has 3 rings (SSSR count). The van der Waals surface area contributed by atoms with Crippen LogP contribution in [0.25, 0.3) is 11.4 Å². The van der Waals surface area contributed by atoms with Crippen molar-refractivity contribution in [2.75, 3.05) is 24.0 Å². The minimum absolute atomic E-state index is 0.141. The zero-order valence-electron chi connectivity index (χ0n) is 13.8. The number of halogens is 1. The lowest BCUT2D eigenvalue weighted by Crippen LogP contribution is -2.16. The molecule has 0 aliphatic rings. The number of rotatable bonds is 6. The van der Waals surface area contributed by atoms with Gasteiger partial charge in [0.25, 0.3) is 0 Å². The molecule has 0 bridgehead atoms. The molecule has 0 aliphatic heterocycles. The average molecular weight is 481 g/mol. The first-order valence-electron chi connectivity index (χ1n) is 7.60. The van der Waals surface area contributed by atoms with Crippen LogP contribution in [0.5, 0.6) is 5.75 Å². The number of methoxy groups -OCH3 is 1. The molecule has 0 saturated carbocycles. The maximum Gasteiger partial charge on any atom is 0.234 e. The molecule has 1 heterocycles. The van der Waals surface area contributed by atoms with Gasteiger partial charge in [-0.1, -0.05) is 23.9 Å². The lowest BCUT2D eigenvalue weighted by atomic mass is 10.2. The first-order chi connectivity index (χ1) is 12.6. The smallest absolute Gasteiger partial charge is 0.234 e.